The molecule has 1 aromatic heterocycles. The highest BCUT2D eigenvalue weighted by atomic mass is 16.3. The van der Waals surface area contributed by atoms with Crippen LogP contribution in [0.4, 0.5) is 0 Å². The van der Waals surface area contributed by atoms with Crippen molar-refractivity contribution in [1.29, 1.82) is 0 Å². The maximum atomic E-state index is 13.0. The number of amides is 2. The van der Waals surface area contributed by atoms with Crippen molar-refractivity contribution in [2.24, 2.45) is 0 Å². The number of carbonyl (C=O) groups excluding carboxylic acids is 2. The van der Waals surface area contributed by atoms with E-state index in [2.05, 4.69) is 10.3 Å². The average molecular weight is 342 g/mol. The maximum Gasteiger partial charge on any atom is 0.272 e. The standard InChI is InChI=1S/C18H22N4O3/c1-19-16(23)10-18(25)8-5-9-21(12-18)17(24)15-11-20-13-22(15)14-6-3-2-4-7-14/h2-4,6-7,11,13,25H,5,8-10,12H2,1H3,(H,19,23). The number of para-hydroxylation sites is 1. The van der Waals surface area contributed by atoms with Gasteiger partial charge in [-0.3, -0.25) is 14.2 Å². The highest BCUT2D eigenvalue weighted by Crippen LogP contribution is 2.26. The Bertz CT molecular complexity index is 759. The first-order valence-corrected chi connectivity index (χ1v) is 8.32. The average Bonchev–Trinajstić information content (AvgIpc) is 3.11. The predicted molar refractivity (Wildman–Crippen MR) is 92.3 cm³/mol. The van der Waals surface area contributed by atoms with E-state index in [9.17, 15) is 14.7 Å². The molecule has 0 aliphatic carbocycles. The molecule has 2 heterocycles. The first-order valence-electron chi connectivity index (χ1n) is 8.32. The third-order valence-corrected chi connectivity index (χ3v) is 4.50. The van der Waals surface area contributed by atoms with Gasteiger partial charge in [0, 0.05) is 19.3 Å². The van der Waals surface area contributed by atoms with Crippen molar-refractivity contribution in [3.05, 3.63) is 48.5 Å². The third kappa shape index (κ3) is 3.71. The Hall–Kier alpha value is -2.67. The lowest BCUT2D eigenvalue weighted by Crippen LogP contribution is -2.52. The molecule has 0 radical (unpaired) electrons. The van der Waals surface area contributed by atoms with E-state index >= 15 is 0 Å². The number of β-amino-alcohol motifs (C(OH)–C–C–N with tert-alkyl or cyclic N) is 1. The highest BCUT2D eigenvalue weighted by molar-refractivity contribution is 5.93. The molecule has 2 aromatic rings. The minimum absolute atomic E-state index is 0.00870. The summed E-state index contributed by atoms with van der Waals surface area (Å²) in [6, 6.07) is 9.50. The molecular weight excluding hydrogens is 320 g/mol. The van der Waals surface area contributed by atoms with Crippen LogP contribution in [0, 0.1) is 0 Å². The van der Waals surface area contributed by atoms with Gasteiger partial charge in [-0.1, -0.05) is 18.2 Å². The summed E-state index contributed by atoms with van der Waals surface area (Å²) >= 11 is 0. The van der Waals surface area contributed by atoms with Crippen LogP contribution in [0.15, 0.2) is 42.9 Å². The summed E-state index contributed by atoms with van der Waals surface area (Å²) in [6.45, 7) is 0.689. The van der Waals surface area contributed by atoms with Gasteiger partial charge in [0.1, 0.15) is 5.69 Å². The number of aliphatic hydroxyl groups is 1. The van der Waals surface area contributed by atoms with E-state index in [1.54, 1.807) is 15.8 Å². The van der Waals surface area contributed by atoms with Gasteiger partial charge in [-0.25, -0.2) is 4.98 Å². The quantitative estimate of drug-likeness (QED) is 0.867. The van der Waals surface area contributed by atoms with Gasteiger partial charge in [0.2, 0.25) is 5.91 Å². The fraction of sp³-hybridized carbons (Fsp3) is 0.389. The predicted octanol–water partition coefficient (Wildman–Crippen LogP) is 0.975. The number of benzene rings is 1. The second kappa shape index (κ2) is 7.06. The van der Waals surface area contributed by atoms with Crippen molar-refractivity contribution < 1.29 is 14.7 Å². The van der Waals surface area contributed by atoms with Gasteiger partial charge >= 0.3 is 0 Å². The van der Waals surface area contributed by atoms with Crippen molar-refractivity contribution >= 4 is 11.8 Å². The molecule has 1 atom stereocenters. The van der Waals surface area contributed by atoms with Crippen LogP contribution in [0.5, 0.6) is 0 Å². The van der Waals surface area contributed by atoms with Crippen molar-refractivity contribution in [2.45, 2.75) is 24.9 Å². The topological polar surface area (TPSA) is 87.5 Å². The normalized spacial score (nSPS) is 20.3. The molecule has 3 rings (SSSR count). The number of likely N-dealkylation sites (tertiary alicyclic amines) is 1. The molecule has 1 aliphatic rings. The zero-order valence-electron chi connectivity index (χ0n) is 14.2. The molecule has 7 nitrogen and oxygen atoms in total. The van der Waals surface area contributed by atoms with E-state index in [0.29, 0.717) is 25.1 Å². The second-order valence-corrected chi connectivity index (χ2v) is 6.39. The number of aromatic nitrogens is 2. The largest absolute Gasteiger partial charge is 0.388 e. The van der Waals surface area contributed by atoms with Crippen molar-refractivity contribution in [3.8, 4) is 5.69 Å². The van der Waals surface area contributed by atoms with Gasteiger partial charge in [0.05, 0.1) is 31.1 Å². The molecule has 1 fully saturated rings. The summed E-state index contributed by atoms with van der Waals surface area (Å²) in [7, 11) is 1.54. The van der Waals surface area contributed by atoms with Crippen molar-refractivity contribution in [3.63, 3.8) is 0 Å². The van der Waals surface area contributed by atoms with E-state index in [1.807, 2.05) is 30.3 Å². The van der Waals surface area contributed by atoms with Gasteiger partial charge in [0.15, 0.2) is 0 Å². The van der Waals surface area contributed by atoms with Gasteiger partial charge in [0.25, 0.3) is 5.91 Å². The Kier molecular flexibility index (Phi) is 4.85. The first-order chi connectivity index (χ1) is 12.0. The Balaban J connectivity index is 1.80. The smallest absolute Gasteiger partial charge is 0.272 e. The fourth-order valence-corrected chi connectivity index (χ4v) is 3.23. The monoisotopic (exact) mass is 342 g/mol. The Morgan fingerprint density at radius 3 is 2.80 bits per heavy atom. The van der Waals surface area contributed by atoms with Crippen molar-refractivity contribution in [2.75, 3.05) is 20.1 Å². The second-order valence-electron chi connectivity index (χ2n) is 6.39. The number of hydrogen-bond donors (Lipinski definition) is 2. The minimum Gasteiger partial charge on any atom is -0.388 e. The maximum absolute atomic E-state index is 13.0. The van der Waals surface area contributed by atoms with E-state index in [0.717, 1.165) is 5.69 Å². The summed E-state index contributed by atoms with van der Waals surface area (Å²) in [5.41, 5.74) is 0.0994. The van der Waals surface area contributed by atoms with Crippen LogP contribution >= 0.6 is 0 Å². The van der Waals surface area contributed by atoms with Gasteiger partial charge in [-0.05, 0) is 25.0 Å². The molecule has 0 bridgehead atoms. The van der Waals surface area contributed by atoms with Crippen LogP contribution in [0.1, 0.15) is 29.8 Å². The first kappa shape index (κ1) is 17.2. The van der Waals surface area contributed by atoms with Gasteiger partial charge < -0.3 is 15.3 Å². The summed E-state index contributed by atoms with van der Waals surface area (Å²) in [6.07, 6.45) is 4.27. The van der Waals surface area contributed by atoms with Crippen LogP contribution in [-0.2, 0) is 4.79 Å². The molecule has 2 N–H and O–H groups in total. The molecule has 1 aromatic carbocycles. The lowest BCUT2D eigenvalue weighted by molar-refractivity contribution is -0.127. The molecule has 1 unspecified atom stereocenters. The summed E-state index contributed by atoms with van der Waals surface area (Å²) in [4.78, 5) is 30.3. The van der Waals surface area contributed by atoms with Crippen LogP contribution in [0.2, 0.25) is 0 Å². The Morgan fingerprint density at radius 1 is 1.32 bits per heavy atom. The number of piperidine rings is 1. The van der Waals surface area contributed by atoms with E-state index in [4.69, 9.17) is 0 Å². The van der Waals surface area contributed by atoms with Gasteiger partial charge in [-0.15, -0.1) is 0 Å². The molecule has 7 heteroatoms. The van der Waals surface area contributed by atoms with E-state index in [-0.39, 0.29) is 24.8 Å². The van der Waals surface area contributed by atoms with E-state index in [1.165, 1.54) is 13.2 Å². The molecule has 0 saturated carbocycles. The molecule has 1 aliphatic heterocycles. The minimum atomic E-state index is -1.19. The number of rotatable bonds is 4. The highest BCUT2D eigenvalue weighted by Gasteiger charge is 2.37. The Morgan fingerprint density at radius 2 is 2.08 bits per heavy atom. The fourth-order valence-electron chi connectivity index (χ4n) is 3.23. The van der Waals surface area contributed by atoms with Crippen molar-refractivity contribution in [1.82, 2.24) is 19.8 Å². The molecule has 2 amide bonds. The summed E-state index contributed by atoms with van der Waals surface area (Å²) in [5.74, 6) is -0.428. The van der Waals surface area contributed by atoms with Crippen LogP contribution < -0.4 is 5.32 Å². The molecular formula is C18H22N4O3. The zero-order valence-corrected chi connectivity index (χ0v) is 14.2. The summed E-state index contributed by atoms with van der Waals surface area (Å²) < 4.78 is 1.73. The Labute approximate surface area is 146 Å². The number of imidazole rings is 1. The van der Waals surface area contributed by atoms with Gasteiger partial charge in [-0.2, -0.15) is 0 Å². The third-order valence-electron chi connectivity index (χ3n) is 4.50. The molecule has 0 spiro atoms. The van der Waals surface area contributed by atoms with Crippen LogP contribution in [0.3, 0.4) is 0 Å². The van der Waals surface area contributed by atoms with Crippen LogP contribution in [-0.4, -0.2) is 57.1 Å². The van der Waals surface area contributed by atoms with Crippen LogP contribution in [0.25, 0.3) is 5.69 Å². The number of nitrogens with zero attached hydrogens (tertiary/aromatic N) is 3. The van der Waals surface area contributed by atoms with E-state index < -0.39 is 5.60 Å². The lowest BCUT2D eigenvalue weighted by atomic mass is 9.89. The summed E-state index contributed by atoms with van der Waals surface area (Å²) in [5, 5.41) is 13.2. The number of hydrogen-bond acceptors (Lipinski definition) is 4. The molecule has 132 valence electrons. The molecule has 1 saturated heterocycles. The number of nitrogens with one attached hydrogen (secondary N) is 1. The lowest BCUT2D eigenvalue weighted by Gasteiger charge is -2.38. The SMILES string of the molecule is CNC(=O)CC1(O)CCCN(C(=O)c2cncn2-c2ccccc2)C1. The number of carbonyl (C=O) groups is 2. The zero-order chi connectivity index (χ0) is 17.9. The molecule has 25 heavy (non-hydrogen) atoms.